The number of benzene rings is 1. The molecule has 9 heteroatoms. The first kappa shape index (κ1) is 33.7. The highest BCUT2D eigenvalue weighted by Crippen LogP contribution is 2.22. The number of ether oxygens (including phenoxy) is 2. The van der Waals surface area contributed by atoms with Gasteiger partial charge in [0.15, 0.2) is 0 Å². The van der Waals surface area contributed by atoms with Crippen LogP contribution in [0.5, 0.6) is 0 Å². The average Bonchev–Trinajstić information content (AvgIpc) is 2.85. The lowest BCUT2D eigenvalue weighted by Crippen LogP contribution is -2.55. The SMILES string of the molecule is CCCCCN(CCCCC)C(=O)[C@@H](CCCCN)N(C(=O)OCc1ccccc1Cl)C(=O)OC(C)(C)C. The van der Waals surface area contributed by atoms with Crippen LogP contribution in [0.25, 0.3) is 0 Å². The van der Waals surface area contributed by atoms with E-state index in [0.717, 1.165) is 43.4 Å². The number of carbonyl (C=O) groups is 3. The van der Waals surface area contributed by atoms with Gasteiger partial charge in [-0.05, 0) is 65.5 Å². The van der Waals surface area contributed by atoms with Gasteiger partial charge < -0.3 is 20.1 Å². The lowest BCUT2D eigenvalue weighted by atomic mass is 10.1. The van der Waals surface area contributed by atoms with E-state index in [9.17, 15) is 14.4 Å². The number of hydrogen-bond donors (Lipinski definition) is 1. The van der Waals surface area contributed by atoms with Crippen molar-refractivity contribution in [2.75, 3.05) is 19.6 Å². The first-order chi connectivity index (χ1) is 18.1. The molecule has 0 radical (unpaired) electrons. The molecular weight excluding hydrogens is 506 g/mol. The van der Waals surface area contributed by atoms with Gasteiger partial charge in [-0.15, -0.1) is 0 Å². The summed E-state index contributed by atoms with van der Waals surface area (Å²) in [6.45, 7) is 10.8. The molecule has 0 aliphatic rings. The maximum Gasteiger partial charge on any atom is 0.420 e. The Morgan fingerprint density at radius 3 is 2.05 bits per heavy atom. The Hall–Kier alpha value is -2.32. The van der Waals surface area contributed by atoms with Crippen LogP contribution >= 0.6 is 11.6 Å². The van der Waals surface area contributed by atoms with E-state index in [2.05, 4.69) is 13.8 Å². The second-order valence-electron chi connectivity index (χ2n) is 10.5. The molecule has 1 aromatic carbocycles. The third kappa shape index (κ3) is 12.5. The van der Waals surface area contributed by atoms with E-state index < -0.39 is 23.8 Å². The Bertz CT molecular complexity index is 849. The van der Waals surface area contributed by atoms with E-state index in [4.69, 9.17) is 26.8 Å². The number of hydrogen-bond acceptors (Lipinski definition) is 6. The van der Waals surface area contributed by atoms with Gasteiger partial charge in [0.2, 0.25) is 5.91 Å². The smallest absolute Gasteiger partial charge is 0.420 e. The van der Waals surface area contributed by atoms with Gasteiger partial charge >= 0.3 is 12.2 Å². The Morgan fingerprint density at radius 1 is 0.921 bits per heavy atom. The zero-order valence-corrected chi connectivity index (χ0v) is 24.7. The van der Waals surface area contributed by atoms with Gasteiger partial charge in [0.25, 0.3) is 0 Å². The maximum atomic E-state index is 14.0. The highest BCUT2D eigenvalue weighted by atomic mass is 35.5. The van der Waals surface area contributed by atoms with Gasteiger partial charge in [0.1, 0.15) is 18.2 Å². The van der Waals surface area contributed by atoms with Crippen molar-refractivity contribution in [2.45, 2.75) is 111 Å². The van der Waals surface area contributed by atoms with Crippen molar-refractivity contribution in [1.29, 1.82) is 0 Å². The fraction of sp³-hybridized carbons (Fsp3) is 0.690. The summed E-state index contributed by atoms with van der Waals surface area (Å²) in [7, 11) is 0. The minimum atomic E-state index is -1.06. The zero-order chi connectivity index (χ0) is 28.6. The molecule has 1 atom stereocenters. The second-order valence-corrected chi connectivity index (χ2v) is 10.9. The van der Waals surface area contributed by atoms with E-state index in [1.54, 1.807) is 49.9 Å². The third-order valence-electron chi connectivity index (χ3n) is 6.00. The summed E-state index contributed by atoms with van der Waals surface area (Å²) in [4.78, 5) is 43.5. The third-order valence-corrected chi connectivity index (χ3v) is 6.37. The summed E-state index contributed by atoms with van der Waals surface area (Å²) < 4.78 is 11.1. The van der Waals surface area contributed by atoms with E-state index in [1.807, 2.05) is 0 Å². The van der Waals surface area contributed by atoms with Crippen molar-refractivity contribution in [1.82, 2.24) is 9.80 Å². The number of nitrogens with zero attached hydrogens (tertiary/aromatic N) is 2. The quantitative estimate of drug-likeness (QED) is 0.223. The Balaban J connectivity index is 3.33. The van der Waals surface area contributed by atoms with Crippen molar-refractivity contribution < 1.29 is 23.9 Å². The van der Waals surface area contributed by atoms with Crippen molar-refractivity contribution in [3.05, 3.63) is 34.9 Å². The molecule has 0 aliphatic carbocycles. The van der Waals surface area contributed by atoms with Crippen molar-refractivity contribution >= 4 is 29.7 Å². The molecule has 1 aromatic rings. The molecule has 0 saturated heterocycles. The summed E-state index contributed by atoms with van der Waals surface area (Å²) in [5.41, 5.74) is 5.44. The van der Waals surface area contributed by atoms with Crippen LogP contribution in [-0.4, -0.2) is 59.2 Å². The molecule has 0 aromatic heterocycles. The standard InChI is InChI=1S/C29H48ClN3O5/c1-6-8-14-20-32(21-15-9-7-2)26(34)25(18-12-13-19-31)33(28(36)38-29(3,4)5)27(35)37-22-23-16-10-11-17-24(23)30/h10-11,16-17,25H,6-9,12-15,18-22,31H2,1-5H3/t25-/m1/s1. The van der Waals surface area contributed by atoms with Crippen LogP contribution in [0, 0.1) is 0 Å². The number of carbonyl (C=O) groups excluding carboxylic acids is 3. The molecule has 0 bridgehead atoms. The normalized spacial score (nSPS) is 12.1. The summed E-state index contributed by atoms with van der Waals surface area (Å²) in [6, 6.07) is 5.93. The summed E-state index contributed by atoms with van der Waals surface area (Å²) in [5.74, 6) is -0.269. The maximum absolute atomic E-state index is 14.0. The van der Waals surface area contributed by atoms with Crippen LogP contribution in [0.2, 0.25) is 5.02 Å². The Kier molecular flexibility index (Phi) is 16.0. The minimum Gasteiger partial charge on any atom is -0.444 e. The van der Waals surface area contributed by atoms with Crippen LogP contribution in [0.15, 0.2) is 24.3 Å². The van der Waals surface area contributed by atoms with E-state index >= 15 is 0 Å². The highest BCUT2D eigenvalue weighted by Gasteiger charge is 2.40. The largest absolute Gasteiger partial charge is 0.444 e. The number of halogens is 1. The Labute approximate surface area is 234 Å². The van der Waals surface area contributed by atoms with Crippen molar-refractivity contribution in [3.63, 3.8) is 0 Å². The predicted molar refractivity (Wildman–Crippen MR) is 152 cm³/mol. The molecule has 0 heterocycles. The molecule has 0 saturated carbocycles. The summed E-state index contributed by atoms with van der Waals surface area (Å²) in [6.07, 6.45) is 5.39. The lowest BCUT2D eigenvalue weighted by Gasteiger charge is -2.34. The first-order valence-corrected chi connectivity index (χ1v) is 14.3. The molecule has 8 nitrogen and oxygen atoms in total. The van der Waals surface area contributed by atoms with Gasteiger partial charge in [-0.2, -0.15) is 4.90 Å². The first-order valence-electron chi connectivity index (χ1n) is 14.0. The van der Waals surface area contributed by atoms with Gasteiger partial charge in [-0.3, -0.25) is 4.79 Å². The number of rotatable bonds is 16. The molecule has 0 aliphatic heterocycles. The molecule has 2 N–H and O–H groups in total. The number of unbranched alkanes of at least 4 members (excludes halogenated alkanes) is 5. The van der Waals surface area contributed by atoms with Gasteiger partial charge in [0, 0.05) is 23.7 Å². The molecule has 216 valence electrons. The monoisotopic (exact) mass is 553 g/mol. The summed E-state index contributed by atoms with van der Waals surface area (Å²) in [5, 5.41) is 0.442. The zero-order valence-electron chi connectivity index (χ0n) is 24.0. The van der Waals surface area contributed by atoms with Gasteiger partial charge in [0.05, 0.1) is 0 Å². The van der Waals surface area contributed by atoms with E-state index in [0.29, 0.717) is 43.1 Å². The van der Waals surface area contributed by atoms with Gasteiger partial charge in [-0.25, -0.2) is 9.59 Å². The molecule has 1 rings (SSSR count). The number of amides is 3. The molecule has 0 unspecified atom stereocenters. The summed E-state index contributed by atoms with van der Waals surface area (Å²) >= 11 is 6.23. The molecule has 0 fully saturated rings. The van der Waals surface area contributed by atoms with Crippen LogP contribution < -0.4 is 5.73 Å². The fourth-order valence-corrected chi connectivity index (χ4v) is 4.15. The Morgan fingerprint density at radius 2 is 1.53 bits per heavy atom. The molecule has 0 spiro atoms. The topological polar surface area (TPSA) is 102 Å². The molecule has 38 heavy (non-hydrogen) atoms. The average molecular weight is 554 g/mol. The number of imide groups is 1. The fourth-order valence-electron chi connectivity index (χ4n) is 3.96. The number of nitrogens with two attached hydrogens (primary N) is 1. The van der Waals surface area contributed by atoms with Crippen LogP contribution in [0.1, 0.15) is 98.0 Å². The van der Waals surface area contributed by atoms with Crippen LogP contribution in [0.3, 0.4) is 0 Å². The molecule has 3 amide bonds. The lowest BCUT2D eigenvalue weighted by molar-refractivity contribution is -0.137. The van der Waals surface area contributed by atoms with Crippen LogP contribution in [0.4, 0.5) is 9.59 Å². The van der Waals surface area contributed by atoms with E-state index in [-0.39, 0.29) is 18.9 Å². The molecular formula is C29H48ClN3O5. The van der Waals surface area contributed by atoms with Crippen molar-refractivity contribution in [2.24, 2.45) is 5.73 Å². The predicted octanol–water partition coefficient (Wildman–Crippen LogP) is 6.92. The highest BCUT2D eigenvalue weighted by molar-refractivity contribution is 6.31. The second kappa shape index (κ2) is 18.1. The van der Waals surface area contributed by atoms with Crippen molar-refractivity contribution in [3.8, 4) is 0 Å². The van der Waals surface area contributed by atoms with Crippen LogP contribution in [-0.2, 0) is 20.9 Å². The van der Waals surface area contributed by atoms with E-state index in [1.165, 1.54) is 0 Å². The minimum absolute atomic E-state index is 0.141. The van der Waals surface area contributed by atoms with Gasteiger partial charge in [-0.1, -0.05) is 69.3 Å².